The van der Waals surface area contributed by atoms with Crippen LogP contribution in [0.4, 0.5) is 5.69 Å². The number of nitrogens with one attached hydrogen (secondary N) is 1. The number of carboxylic acid groups (broad SMARTS) is 1. The van der Waals surface area contributed by atoms with Gasteiger partial charge in [-0.2, -0.15) is 0 Å². The van der Waals surface area contributed by atoms with Gasteiger partial charge in [0, 0.05) is 10.2 Å². The SMILES string of the molecule is O=C(O)C1(Nc2ccc(Br)cc2)COCc2ccccc21. The van der Waals surface area contributed by atoms with Crippen LogP contribution in [0.3, 0.4) is 0 Å². The Labute approximate surface area is 130 Å². The van der Waals surface area contributed by atoms with Crippen LogP contribution in [0.2, 0.25) is 0 Å². The molecule has 5 heteroatoms. The molecule has 21 heavy (non-hydrogen) atoms. The van der Waals surface area contributed by atoms with Crippen LogP contribution in [-0.2, 0) is 21.7 Å². The Kier molecular flexibility index (Phi) is 3.69. The standard InChI is InChI=1S/C16H14BrNO3/c17-12-5-7-13(8-6-12)18-16(15(19)20)10-21-9-11-3-1-2-4-14(11)16/h1-8,18H,9-10H2,(H,19,20). The Morgan fingerprint density at radius 1 is 1.19 bits per heavy atom. The van der Waals surface area contributed by atoms with Gasteiger partial charge in [0.25, 0.3) is 0 Å². The number of fused-ring (bicyclic) bond motifs is 1. The van der Waals surface area contributed by atoms with Crippen molar-refractivity contribution in [3.63, 3.8) is 0 Å². The van der Waals surface area contributed by atoms with Gasteiger partial charge in [0.05, 0.1) is 13.2 Å². The van der Waals surface area contributed by atoms with E-state index in [0.717, 1.165) is 21.3 Å². The first kappa shape index (κ1) is 14.1. The molecule has 0 aliphatic carbocycles. The molecule has 4 nitrogen and oxygen atoms in total. The molecule has 0 spiro atoms. The van der Waals surface area contributed by atoms with Gasteiger partial charge in [-0.05, 0) is 35.4 Å². The Morgan fingerprint density at radius 3 is 2.62 bits per heavy atom. The molecule has 0 saturated heterocycles. The van der Waals surface area contributed by atoms with E-state index in [1.807, 2.05) is 48.5 Å². The van der Waals surface area contributed by atoms with Crippen LogP contribution < -0.4 is 5.32 Å². The topological polar surface area (TPSA) is 58.6 Å². The number of carbonyl (C=O) groups is 1. The molecule has 0 amide bonds. The third-order valence-corrected chi connectivity index (χ3v) is 4.15. The second kappa shape index (κ2) is 5.50. The van der Waals surface area contributed by atoms with Crippen molar-refractivity contribution >= 4 is 27.6 Å². The second-order valence-corrected chi connectivity index (χ2v) is 5.91. The van der Waals surface area contributed by atoms with Gasteiger partial charge >= 0.3 is 5.97 Å². The van der Waals surface area contributed by atoms with Crippen LogP contribution in [0.1, 0.15) is 11.1 Å². The van der Waals surface area contributed by atoms with Gasteiger partial charge in [0.15, 0.2) is 5.54 Å². The lowest BCUT2D eigenvalue weighted by atomic mass is 9.85. The average Bonchev–Trinajstić information content (AvgIpc) is 2.50. The number of ether oxygens (including phenoxy) is 1. The quantitative estimate of drug-likeness (QED) is 0.893. The second-order valence-electron chi connectivity index (χ2n) is 4.99. The van der Waals surface area contributed by atoms with Gasteiger partial charge in [-0.15, -0.1) is 0 Å². The van der Waals surface area contributed by atoms with Crippen LogP contribution in [0.5, 0.6) is 0 Å². The molecule has 1 aliphatic heterocycles. The monoisotopic (exact) mass is 347 g/mol. The maximum Gasteiger partial charge on any atom is 0.336 e. The number of hydrogen-bond acceptors (Lipinski definition) is 3. The lowest BCUT2D eigenvalue weighted by Crippen LogP contribution is -2.50. The van der Waals surface area contributed by atoms with Crippen LogP contribution in [0, 0.1) is 0 Å². The highest BCUT2D eigenvalue weighted by Crippen LogP contribution is 2.34. The summed E-state index contributed by atoms with van der Waals surface area (Å²) in [7, 11) is 0. The van der Waals surface area contributed by atoms with E-state index in [-0.39, 0.29) is 6.61 Å². The minimum atomic E-state index is -1.26. The Hall–Kier alpha value is -1.85. The predicted molar refractivity (Wildman–Crippen MR) is 83.2 cm³/mol. The number of benzene rings is 2. The Balaban J connectivity index is 2.05. The highest BCUT2D eigenvalue weighted by atomic mass is 79.9. The molecule has 3 rings (SSSR count). The van der Waals surface area contributed by atoms with Crippen LogP contribution >= 0.6 is 15.9 Å². The number of carboxylic acids is 1. The normalized spacial score (nSPS) is 20.6. The van der Waals surface area contributed by atoms with E-state index in [1.165, 1.54) is 0 Å². The number of rotatable bonds is 3. The number of halogens is 1. The van der Waals surface area contributed by atoms with Gasteiger partial charge in [-0.25, -0.2) is 4.79 Å². The molecule has 0 bridgehead atoms. The zero-order chi connectivity index (χ0) is 14.9. The molecule has 2 N–H and O–H groups in total. The summed E-state index contributed by atoms with van der Waals surface area (Å²) in [4.78, 5) is 12.0. The van der Waals surface area contributed by atoms with E-state index >= 15 is 0 Å². The average molecular weight is 348 g/mol. The van der Waals surface area contributed by atoms with Crippen LogP contribution in [-0.4, -0.2) is 17.7 Å². The van der Waals surface area contributed by atoms with E-state index in [4.69, 9.17) is 4.74 Å². The van der Waals surface area contributed by atoms with Crippen molar-refractivity contribution < 1.29 is 14.6 Å². The van der Waals surface area contributed by atoms with Crippen molar-refractivity contribution in [1.82, 2.24) is 0 Å². The van der Waals surface area contributed by atoms with E-state index in [1.54, 1.807) is 0 Å². The first-order chi connectivity index (χ1) is 10.1. The zero-order valence-corrected chi connectivity index (χ0v) is 12.8. The van der Waals surface area contributed by atoms with Crippen molar-refractivity contribution in [2.24, 2.45) is 0 Å². The number of hydrogen-bond donors (Lipinski definition) is 2. The minimum Gasteiger partial charge on any atom is -0.479 e. The lowest BCUT2D eigenvalue weighted by molar-refractivity contribution is -0.146. The zero-order valence-electron chi connectivity index (χ0n) is 11.2. The van der Waals surface area contributed by atoms with Crippen LogP contribution in [0.25, 0.3) is 0 Å². The van der Waals surface area contributed by atoms with Crippen molar-refractivity contribution in [1.29, 1.82) is 0 Å². The Bertz CT molecular complexity index is 671. The highest BCUT2D eigenvalue weighted by Gasteiger charge is 2.44. The first-order valence-electron chi connectivity index (χ1n) is 6.55. The molecule has 0 fully saturated rings. The molecule has 1 unspecified atom stereocenters. The van der Waals surface area contributed by atoms with E-state index in [9.17, 15) is 9.90 Å². The van der Waals surface area contributed by atoms with Crippen molar-refractivity contribution in [3.8, 4) is 0 Å². The van der Waals surface area contributed by atoms with Gasteiger partial charge in [-0.1, -0.05) is 40.2 Å². The molecule has 2 aromatic carbocycles. The van der Waals surface area contributed by atoms with E-state index in [2.05, 4.69) is 21.2 Å². The molecule has 108 valence electrons. The lowest BCUT2D eigenvalue weighted by Gasteiger charge is -2.36. The third kappa shape index (κ3) is 2.54. The molecular weight excluding hydrogens is 334 g/mol. The van der Waals surface area contributed by atoms with Crippen molar-refractivity contribution in [2.45, 2.75) is 12.1 Å². The third-order valence-electron chi connectivity index (χ3n) is 3.62. The fraction of sp³-hybridized carbons (Fsp3) is 0.188. The summed E-state index contributed by atoms with van der Waals surface area (Å²) >= 11 is 3.37. The van der Waals surface area contributed by atoms with Crippen LogP contribution in [0.15, 0.2) is 53.0 Å². The van der Waals surface area contributed by atoms with Gasteiger partial charge in [-0.3, -0.25) is 0 Å². The van der Waals surface area contributed by atoms with E-state index in [0.29, 0.717) is 6.61 Å². The van der Waals surface area contributed by atoms with Gasteiger partial charge in [0.2, 0.25) is 0 Å². The highest BCUT2D eigenvalue weighted by molar-refractivity contribution is 9.10. The minimum absolute atomic E-state index is 0.0927. The predicted octanol–water partition coefficient (Wildman–Crippen LogP) is 3.37. The molecule has 1 heterocycles. The smallest absolute Gasteiger partial charge is 0.336 e. The summed E-state index contributed by atoms with van der Waals surface area (Å²) in [6.07, 6.45) is 0. The summed E-state index contributed by atoms with van der Waals surface area (Å²) in [5.74, 6) is -0.947. The fourth-order valence-corrected chi connectivity index (χ4v) is 2.83. The summed E-state index contributed by atoms with van der Waals surface area (Å²) in [6, 6.07) is 14.9. The summed E-state index contributed by atoms with van der Waals surface area (Å²) in [6.45, 7) is 0.530. The number of anilines is 1. The summed E-state index contributed by atoms with van der Waals surface area (Å²) < 4.78 is 6.46. The summed E-state index contributed by atoms with van der Waals surface area (Å²) in [5, 5.41) is 12.9. The Morgan fingerprint density at radius 2 is 1.90 bits per heavy atom. The fourth-order valence-electron chi connectivity index (χ4n) is 2.57. The van der Waals surface area contributed by atoms with Crippen molar-refractivity contribution in [2.75, 3.05) is 11.9 Å². The first-order valence-corrected chi connectivity index (χ1v) is 7.34. The molecule has 0 radical (unpaired) electrons. The maximum absolute atomic E-state index is 12.0. The molecule has 0 aromatic heterocycles. The van der Waals surface area contributed by atoms with Crippen molar-refractivity contribution in [3.05, 3.63) is 64.1 Å². The molecule has 1 aliphatic rings. The van der Waals surface area contributed by atoms with Gasteiger partial charge in [0.1, 0.15) is 0 Å². The molecule has 2 aromatic rings. The molecule has 1 atom stereocenters. The summed E-state index contributed by atoms with van der Waals surface area (Å²) in [5.41, 5.74) is 1.13. The maximum atomic E-state index is 12.0. The molecule has 0 saturated carbocycles. The van der Waals surface area contributed by atoms with Gasteiger partial charge < -0.3 is 15.2 Å². The largest absolute Gasteiger partial charge is 0.479 e. The van der Waals surface area contributed by atoms with E-state index < -0.39 is 11.5 Å². The number of aliphatic carboxylic acids is 1. The molecular formula is C16H14BrNO3.